The smallest absolute Gasteiger partial charge is 0.333 e. The van der Waals surface area contributed by atoms with E-state index in [0.29, 0.717) is 24.3 Å². The summed E-state index contributed by atoms with van der Waals surface area (Å²) < 4.78 is 21.2. The maximum Gasteiger partial charge on any atom is 0.333 e. The lowest BCUT2D eigenvalue weighted by molar-refractivity contribution is -0.300. The minimum absolute atomic E-state index is 0.0223. The highest BCUT2D eigenvalue weighted by molar-refractivity contribution is 6.01. The van der Waals surface area contributed by atoms with E-state index in [9.17, 15) is 69.6 Å². The predicted octanol–water partition coefficient (Wildman–Crippen LogP) is -7.56. The molecular weight excluding hydrogens is 758 g/mol. The van der Waals surface area contributed by atoms with Gasteiger partial charge in [-0.1, -0.05) is 6.42 Å². The highest BCUT2D eigenvalue weighted by Crippen LogP contribution is 2.23. The summed E-state index contributed by atoms with van der Waals surface area (Å²) in [6, 6.07) is 0. The predicted molar refractivity (Wildman–Crippen MR) is 181 cm³/mol. The summed E-state index contributed by atoms with van der Waals surface area (Å²) in [7, 11) is 0. The number of hydroxylamine groups is 2. The Bertz CT molecular complexity index is 1240. The fourth-order valence-corrected chi connectivity index (χ4v) is 5.69. The largest absolute Gasteiger partial charge is 0.394 e. The number of carbonyl (C=O) groups excluding carboxylic acids is 6. The van der Waals surface area contributed by atoms with Crippen LogP contribution in [0.1, 0.15) is 38.5 Å². The SMILES string of the molecule is O=C(CN(CC(=O)NCCO[C@@H]1O[C@H](CO)[C@@H](O)[C@H](O)[C@H]1O)CC(=O)NCCO[C@@H]1O[C@H](CO)[C@@H](O)[C@H](O)[C@H]1O)NCCCCCC(=O)ON1C(=O)CCC1=O. The molecular formula is C32H53N5O19. The molecule has 0 radical (unpaired) electrons. The van der Waals surface area contributed by atoms with Gasteiger partial charge in [-0.15, -0.1) is 5.06 Å². The Morgan fingerprint density at radius 1 is 0.625 bits per heavy atom. The third kappa shape index (κ3) is 14.5. The number of ether oxygens (including phenoxy) is 4. The molecule has 0 aromatic heterocycles. The first-order valence-corrected chi connectivity index (χ1v) is 18.1. The third-order valence-electron chi connectivity index (χ3n) is 8.79. The highest BCUT2D eigenvalue weighted by atomic mass is 16.7. The Labute approximate surface area is 320 Å². The number of aliphatic hydroxyl groups excluding tert-OH is 8. The number of hydrogen-bond acceptors (Lipinski definition) is 20. The number of hydrogen-bond donors (Lipinski definition) is 11. The van der Waals surface area contributed by atoms with Gasteiger partial charge in [-0.25, -0.2) is 4.79 Å². The van der Waals surface area contributed by atoms with Crippen LogP contribution >= 0.6 is 0 Å². The van der Waals surface area contributed by atoms with Crippen LogP contribution in [0.5, 0.6) is 0 Å². The maximum atomic E-state index is 12.8. The molecule has 0 aromatic rings. The van der Waals surface area contributed by atoms with E-state index in [1.54, 1.807) is 0 Å². The van der Waals surface area contributed by atoms with E-state index >= 15 is 0 Å². The molecule has 11 N–H and O–H groups in total. The molecule has 0 spiro atoms. The minimum Gasteiger partial charge on any atom is -0.394 e. The van der Waals surface area contributed by atoms with Gasteiger partial charge in [-0.3, -0.25) is 28.9 Å². The lowest BCUT2D eigenvalue weighted by atomic mass is 9.99. The van der Waals surface area contributed by atoms with Gasteiger partial charge in [0, 0.05) is 38.9 Å². The van der Waals surface area contributed by atoms with Gasteiger partial charge in [-0.2, -0.15) is 0 Å². The Morgan fingerprint density at radius 3 is 1.48 bits per heavy atom. The lowest BCUT2D eigenvalue weighted by Crippen LogP contribution is -2.59. The van der Waals surface area contributed by atoms with Crippen LogP contribution in [0.4, 0.5) is 0 Å². The Morgan fingerprint density at radius 2 is 1.05 bits per heavy atom. The van der Waals surface area contributed by atoms with E-state index in [1.165, 1.54) is 4.90 Å². The van der Waals surface area contributed by atoms with Gasteiger partial charge in [0.1, 0.15) is 48.8 Å². The monoisotopic (exact) mass is 811 g/mol. The Hall–Kier alpha value is -3.50. The summed E-state index contributed by atoms with van der Waals surface area (Å²) in [6.45, 7) is -3.23. The van der Waals surface area contributed by atoms with E-state index in [0.717, 1.165) is 0 Å². The number of nitrogens with zero attached hydrogens (tertiary/aromatic N) is 2. The van der Waals surface area contributed by atoms with Gasteiger partial charge in [0.15, 0.2) is 12.6 Å². The van der Waals surface area contributed by atoms with Crippen LogP contribution in [0, 0.1) is 0 Å². The second kappa shape index (κ2) is 23.7. The molecule has 320 valence electrons. The number of nitrogens with one attached hydrogen (secondary N) is 3. The van der Waals surface area contributed by atoms with Crippen molar-refractivity contribution in [2.75, 3.05) is 65.7 Å². The van der Waals surface area contributed by atoms with Crippen LogP contribution in [-0.2, 0) is 52.6 Å². The zero-order chi connectivity index (χ0) is 41.4. The molecule has 5 amide bonds. The second-order valence-electron chi connectivity index (χ2n) is 13.2. The standard InChI is InChI=1S/C32H53N5O19/c38-15-17-25(46)27(48)29(50)31(54-17)52-10-8-34-20(41)13-36(14-21(42)35-9-11-53-32-30(51)28(49)26(47)18(16-39)55-32)12-19(40)33-7-3-1-2-4-24(45)56-37-22(43)5-6-23(37)44/h17-18,25-32,38-39,46-51H,1-16H2,(H,33,40)(H,34,41)(H,35,42)/t17-,18-,25-,26-,27+,28+,29-,30-,31-,32-/m1/s1. The number of amides is 5. The molecule has 0 saturated carbocycles. The van der Waals surface area contributed by atoms with Gasteiger partial charge in [-0.05, 0) is 12.8 Å². The van der Waals surface area contributed by atoms with Crippen molar-refractivity contribution in [3.8, 4) is 0 Å². The molecule has 3 aliphatic rings. The summed E-state index contributed by atoms with van der Waals surface area (Å²) >= 11 is 0. The summed E-state index contributed by atoms with van der Waals surface area (Å²) in [5.41, 5.74) is 0. The average molecular weight is 812 g/mol. The van der Waals surface area contributed by atoms with Crippen molar-refractivity contribution in [3.63, 3.8) is 0 Å². The third-order valence-corrected chi connectivity index (χ3v) is 8.79. The first-order chi connectivity index (χ1) is 26.7. The van der Waals surface area contributed by atoms with Crippen molar-refractivity contribution in [1.29, 1.82) is 0 Å². The average Bonchev–Trinajstić information content (AvgIpc) is 3.48. The summed E-state index contributed by atoms with van der Waals surface area (Å²) in [6.07, 6.45) is -13.8. The van der Waals surface area contributed by atoms with Gasteiger partial charge >= 0.3 is 5.97 Å². The fourth-order valence-electron chi connectivity index (χ4n) is 5.69. The highest BCUT2D eigenvalue weighted by Gasteiger charge is 2.45. The van der Waals surface area contributed by atoms with Crippen molar-refractivity contribution in [2.24, 2.45) is 0 Å². The molecule has 3 saturated heterocycles. The van der Waals surface area contributed by atoms with Gasteiger partial charge in [0.2, 0.25) is 17.7 Å². The molecule has 0 unspecified atom stereocenters. The number of carbonyl (C=O) groups is 6. The van der Waals surface area contributed by atoms with E-state index in [-0.39, 0.29) is 52.1 Å². The van der Waals surface area contributed by atoms with Crippen molar-refractivity contribution in [2.45, 2.75) is 99.9 Å². The van der Waals surface area contributed by atoms with Gasteiger partial charge in [0.05, 0.1) is 46.1 Å². The van der Waals surface area contributed by atoms with Gasteiger partial charge < -0.3 is 80.6 Å². The summed E-state index contributed by atoms with van der Waals surface area (Å²) in [5.74, 6) is -3.75. The van der Waals surface area contributed by atoms with Crippen molar-refractivity contribution in [3.05, 3.63) is 0 Å². The Balaban J connectivity index is 1.43. The molecule has 24 nitrogen and oxygen atoms in total. The van der Waals surface area contributed by atoms with Crippen LogP contribution in [0.2, 0.25) is 0 Å². The first kappa shape index (κ1) is 46.9. The molecule has 0 aromatic carbocycles. The van der Waals surface area contributed by atoms with Crippen LogP contribution in [-0.4, -0.2) is 213 Å². The lowest BCUT2D eigenvalue weighted by Gasteiger charge is -2.39. The van der Waals surface area contributed by atoms with Crippen molar-refractivity contribution < 1.29 is 93.4 Å². The van der Waals surface area contributed by atoms with Crippen LogP contribution in [0.15, 0.2) is 0 Å². The number of aliphatic hydroxyl groups is 8. The van der Waals surface area contributed by atoms with Crippen LogP contribution < -0.4 is 16.0 Å². The maximum absolute atomic E-state index is 12.8. The van der Waals surface area contributed by atoms with E-state index < -0.39 is 130 Å². The second-order valence-corrected chi connectivity index (χ2v) is 13.2. The number of rotatable bonds is 23. The van der Waals surface area contributed by atoms with Crippen molar-refractivity contribution >= 4 is 35.5 Å². The van der Waals surface area contributed by atoms with Crippen molar-refractivity contribution in [1.82, 2.24) is 25.9 Å². The van der Waals surface area contributed by atoms with E-state index in [2.05, 4.69) is 16.0 Å². The topological polar surface area (TPSA) is 353 Å². The summed E-state index contributed by atoms with van der Waals surface area (Å²) in [4.78, 5) is 79.4. The molecule has 24 heteroatoms. The van der Waals surface area contributed by atoms with Crippen LogP contribution in [0.3, 0.4) is 0 Å². The first-order valence-electron chi connectivity index (χ1n) is 18.1. The molecule has 0 aliphatic carbocycles. The summed E-state index contributed by atoms with van der Waals surface area (Å²) in [5, 5.41) is 86.6. The van der Waals surface area contributed by atoms with E-state index in [1.807, 2.05) is 0 Å². The van der Waals surface area contributed by atoms with Crippen LogP contribution in [0.25, 0.3) is 0 Å². The number of imide groups is 1. The molecule has 3 fully saturated rings. The fraction of sp³-hybridized carbons (Fsp3) is 0.812. The normalized spacial score (nSPS) is 29.3. The van der Waals surface area contributed by atoms with E-state index in [4.69, 9.17) is 23.8 Å². The molecule has 3 aliphatic heterocycles. The zero-order valence-electron chi connectivity index (χ0n) is 30.6. The minimum atomic E-state index is -1.66. The molecule has 3 rings (SSSR count). The quantitative estimate of drug-likeness (QED) is 0.0337. The van der Waals surface area contributed by atoms with Gasteiger partial charge in [0.25, 0.3) is 11.8 Å². The zero-order valence-corrected chi connectivity index (χ0v) is 30.6. The molecule has 10 atom stereocenters. The molecule has 0 bridgehead atoms. The number of unbranched alkanes of at least 4 members (excludes halogenated alkanes) is 2. The Kier molecular flexibility index (Phi) is 19.8. The molecule has 3 heterocycles. The molecule has 56 heavy (non-hydrogen) atoms.